The first kappa shape index (κ1) is 9.12. The molecule has 0 atom stereocenters. The van der Waals surface area contributed by atoms with Gasteiger partial charge in [-0.05, 0) is 6.92 Å². The number of rotatable bonds is 0. The molecule has 0 saturated heterocycles. The van der Waals surface area contributed by atoms with Crippen LogP contribution in [0.25, 0.3) is 5.78 Å². The van der Waals surface area contributed by atoms with Gasteiger partial charge in [0.25, 0.3) is 5.78 Å². The van der Waals surface area contributed by atoms with Crippen LogP contribution in [0.3, 0.4) is 0 Å². The zero-order valence-electron chi connectivity index (χ0n) is 8.94. The Morgan fingerprint density at radius 2 is 1.93 bits per heavy atom. The Hall–Kier alpha value is -1.45. The average molecular weight is 190 g/mol. The number of aromatic nitrogens is 4. The number of nitrogens with zero attached hydrogens (tertiary/aromatic N) is 4. The Morgan fingerprint density at radius 3 is 2.57 bits per heavy atom. The second-order valence-electron chi connectivity index (χ2n) is 4.52. The zero-order chi connectivity index (χ0) is 10.3. The Morgan fingerprint density at radius 1 is 1.21 bits per heavy atom. The van der Waals surface area contributed by atoms with Crippen molar-refractivity contribution in [3.05, 3.63) is 23.8 Å². The highest BCUT2D eigenvalue weighted by Crippen LogP contribution is 2.20. The topological polar surface area (TPSA) is 43.1 Å². The van der Waals surface area contributed by atoms with Crippen LogP contribution >= 0.6 is 0 Å². The van der Waals surface area contributed by atoms with Gasteiger partial charge in [0.1, 0.15) is 0 Å². The van der Waals surface area contributed by atoms with Gasteiger partial charge in [-0.1, -0.05) is 20.8 Å². The van der Waals surface area contributed by atoms with Gasteiger partial charge in [0.15, 0.2) is 0 Å². The largest absolute Gasteiger partial charge is 0.251 e. The molecule has 2 heterocycles. The lowest BCUT2D eigenvalue weighted by Gasteiger charge is -2.13. The molecule has 0 aliphatic rings. The number of hydrogen-bond acceptors (Lipinski definition) is 3. The maximum Gasteiger partial charge on any atom is 0.251 e. The number of fused-ring (bicyclic) bond motifs is 1. The molecule has 0 fully saturated rings. The van der Waals surface area contributed by atoms with Crippen molar-refractivity contribution < 1.29 is 0 Å². The Bertz CT molecular complexity index is 464. The first-order valence-corrected chi connectivity index (χ1v) is 4.66. The van der Waals surface area contributed by atoms with Crippen molar-refractivity contribution in [1.29, 1.82) is 0 Å². The van der Waals surface area contributed by atoms with Gasteiger partial charge in [-0.25, -0.2) is 14.5 Å². The molecule has 14 heavy (non-hydrogen) atoms. The van der Waals surface area contributed by atoms with Crippen molar-refractivity contribution in [1.82, 2.24) is 19.6 Å². The van der Waals surface area contributed by atoms with E-state index in [-0.39, 0.29) is 5.41 Å². The summed E-state index contributed by atoms with van der Waals surface area (Å²) in [5.41, 5.74) is 1.95. The van der Waals surface area contributed by atoms with Crippen LogP contribution < -0.4 is 0 Å². The molecule has 0 spiro atoms. The summed E-state index contributed by atoms with van der Waals surface area (Å²) in [4.78, 5) is 8.73. The smallest absolute Gasteiger partial charge is 0.215 e. The second kappa shape index (κ2) is 2.77. The molecule has 0 aliphatic carbocycles. The van der Waals surface area contributed by atoms with Crippen LogP contribution in [0.2, 0.25) is 0 Å². The highest BCUT2D eigenvalue weighted by atomic mass is 15.3. The van der Waals surface area contributed by atoms with Crippen molar-refractivity contribution in [3.8, 4) is 0 Å². The second-order valence-corrected chi connectivity index (χ2v) is 4.52. The van der Waals surface area contributed by atoms with E-state index in [9.17, 15) is 0 Å². The van der Waals surface area contributed by atoms with Gasteiger partial charge in [-0.15, -0.1) is 0 Å². The summed E-state index contributed by atoms with van der Waals surface area (Å²) in [7, 11) is 0. The van der Waals surface area contributed by atoms with Crippen molar-refractivity contribution in [2.45, 2.75) is 33.1 Å². The summed E-state index contributed by atoms with van der Waals surface area (Å²) in [6.07, 6.45) is 3.67. The van der Waals surface area contributed by atoms with Crippen LogP contribution in [0.15, 0.2) is 12.4 Å². The molecule has 0 radical (unpaired) electrons. The van der Waals surface area contributed by atoms with Gasteiger partial charge >= 0.3 is 0 Å². The Labute approximate surface area is 83.0 Å². The van der Waals surface area contributed by atoms with Gasteiger partial charge < -0.3 is 0 Å². The lowest BCUT2D eigenvalue weighted by Crippen LogP contribution is -2.11. The van der Waals surface area contributed by atoms with Crippen LogP contribution in [-0.2, 0) is 5.41 Å². The molecule has 0 N–H and O–H groups in total. The minimum atomic E-state index is 0.0449. The Kier molecular flexibility index (Phi) is 1.80. The lowest BCUT2D eigenvalue weighted by molar-refractivity contribution is 0.572. The van der Waals surface area contributed by atoms with Gasteiger partial charge in [0, 0.05) is 5.41 Å². The average Bonchev–Trinajstić information content (AvgIpc) is 2.45. The summed E-state index contributed by atoms with van der Waals surface area (Å²) >= 11 is 0. The summed E-state index contributed by atoms with van der Waals surface area (Å²) in [6.45, 7) is 8.29. The van der Waals surface area contributed by atoms with Crippen molar-refractivity contribution in [3.63, 3.8) is 0 Å². The van der Waals surface area contributed by atoms with Crippen LogP contribution in [0.5, 0.6) is 0 Å². The molecule has 0 amide bonds. The highest BCUT2D eigenvalue weighted by Gasteiger charge is 2.18. The van der Waals surface area contributed by atoms with Gasteiger partial charge in [-0.2, -0.15) is 5.10 Å². The van der Waals surface area contributed by atoms with Crippen LogP contribution in [0, 0.1) is 6.92 Å². The van der Waals surface area contributed by atoms with Crippen LogP contribution in [0.4, 0.5) is 0 Å². The lowest BCUT2D eigenvalue weighted by atomic mass is 9.93. The third-order valence-corrected chi connectivity index (χ3v) is 2.08. The van der Waals surface area contributed by atoms with E-state index in [1.807, 2.05) is 13.1 Å². The third-order valence-electron chi connectivity index (χ3n) is 2.08. The van der Waals surface area contributed by atoms with Crippen molar-refractivity contribution >= 4 is 5.78 Å². The molecular formula is C10H14N4. The molecule has 4 nitrogen and oxygen atoms in total. The van der Waals surface area contributed by atoms with E-state index < -0.39 is 0 Å². The predicted molar refractivity (Wildman–Crippen MR) is 54.2 cm³/mol. The van der Waals surface area contributed by atoms with E-state index in [0.29, 0.717) is 5.78 Å². The predicted octanol–water partition coefficient (Wildman–Crippen LogP) is 1.73. The molecule has 0 bridgehead atoms. The van der Waals surface area contributed by atoms with E-state index in [2.05, 4.69) is 35.8 Å². The van der Waals surface area contributed by atoms with Gasteiger partial charge in [0.2, 0.25) is 0 Å². The summed E-state index contributed by atoms with van der Waals surface area (Å²) in [5.74, 6) is 0.676. The maximum absolute atomic E-state index is 4.43. The van der Waals surface area contributed by atoms with E-state index in [1.165, 1.54) is 0 Å². The number of aryl methyl sites for hydroxylation is 1. The fraction of sp³-hybridized carbons (Fsp3) is 0.500. The monoisotopic (exact) mass is 190 g/mol. The minimum absolute atomic E-state index is 0.0449. The van der Waals surface area contributed by atoms with Crippen molar-refractivity contribution in [2.75, 3.05) is 0 Å². The molecule has 0 aromatic carbocycles. The van der Waals surface area contributed by atoms with E-state index in [4.69, 9.17) is 0 Å². The maximum atomic E-state index is 4.43. The minimum Gasteiger partial charge on any atom is -0.215 e. The van der Waals surface area contributed by atoms with Gasteiger partial charge in [-0.3, -0.25) is 0 Å². The zero-order valence-corrected chi connectivity index (χ0v) is 8.94. The molecule has 0 aliphatic heterocycles. The van der Waals surface area contributed by atoms with E-state index >= 15 is 0 Å². The molecular weight excluding hydrogens is 176 g/mol. The summed E-state index contributed by atoms with van der Waals surface area (Å²) < 4.78 is 1.72. The molecule has 0 saturated carbocycles. The van der Waals surface area contributed by atoms with Crippen molar-refractivity contribution in [2.24, 2.45) is 0 Å². The number of imidazole rings is 1. The molecule has 2 rings (SSSR count). The highest BCUT2D eigenvalue weighted by molar-refractivity contribution is 5.31. The molecule has 0 unspecified atom stereocenters. The Balaban J connectivity index is 2.63. The number of hydrogen-bond donors (Lipinski definition) is 0. The van der Waals surface area contributed by atoms with Crippen LogP contribution in [0.1, 0.15) is 32.2 Å². The molecule has 2 aromatic heterocycles. The first-order chi connectivity index (χ1) is 6.47. The molecule has 4 heteroatoms. The molecule has 74 valence electrons. The third kappa shape index (κ3) is 1.47. The fourth-order valence-electron chi connectivity index (χ4n) is 1.22. The van der Waals surface area contributed by atoms with Crippen LogP contribution in [-0.4, -0.2) is 19.6 Å². The first-order valence-electron chi connectivity index (χ1n) is 4.66. The normalized spacial score (nSPS) is 12.3. The van der Waals surface area contributed by atoms with E-state index in [0.717, 1.165) is 11.4 Å². The quantitative estimate of drug-likeness (QED) is 0.635. The standard InChI is InChI=1S/C10H14N4/c1-7-5-11-14-6-8(10(2,3)4)13-9(14)12-7/h5-6H,1-4H3. The summed E-state index contributed by atoms with van der Waals surface area (Å²) in [5, 5.41) is 4.21. The summed E-state index contributed by atoms with van der Waals surface area (Å²) in [6, 6.07) is 0. The fourth-order valence-corrected chi connectivity index (χ4v) is 1.22. The molecule has 2 aromatic rings. The SMILES string of the molecule is Cc1cnn2cc(C(C)(C)C)nc2n1. The van der Waals surface area contributed by atoms with Gasteiger partial charge in [0.05, 0.1) is 23.8 Å². The van der Waals surface area contributed by atoms with E-state index in [1.54, 1.807) is 10.7 Å².